The van der Waals surface area contributed by atoms with Crippen molar-refractivity contribution in [3.05, 3.63) is 59.4 Å². The van der Waals surface area contributed by atoms with E-state index in [0.29, 0.717) is 19.6 Å². The summed E-state index contributed by atoms with van der Waals surface area (Å²) in [7, 11) is 3.15. The smallest absolute Gasteiger partial charge is 0.229 e. The van der Waals surface area contributed by atoms with Gasteiger partial charge in [0.25, 0.3) is 0 Å². The van der Waals surface area contributed by atoms with Gasteiger partial charge in [0.2, 0.25) is 5.91 Å². The van der Waals surface area contributed by atoms with E-state index < -0.39 is 5.82 Å². The molecule has 1 aliphatic heterocycles. The molecule has 0 fully saturated rings. The Morgan fingerprint density at radius 3 is 2.88 bits per heavy atom. The zero-order valence-corrected chi connectivity index (χ0v) is 13.8. The van der Waals surface area contributed by atoms with Gasteiger partial charge in [0.15, 0.2) is 11.6 Å². The van der Waals surface area contributed by atoms with Gasteiger partial charge < -0.3 is 14.4 Å². The average Bonchev–Trinajstić information content (AvgIpc) is 2.60. The summed E-state index contributed by atoms with van der Waals surface area (Å²) in [5.74, 6) is 0.408. The molecule has 0 saturated heterocycles. The molecule has 1 unspecified atom stereocenters. The fraction of sp³-hybridized carbons (Fsp3) is 0.316. The van der Waals surface area contributed by atoms with Crippen LogP contribution in [0.3, 0.4) is 0 Å². The third-order valence-corrected chi connectivity index (χ3v) is 4.24. The van der Waals surface area contributed by atoms with Crippen LogP contribution in [0.5, 0.6) is 11.5 Å². The van der Waals surface area contributed by atoms with Crippen LogP contribution in [-0.2, 0) is 17.8 Å². The first-order valence-corrected chi connectivity index (χ1v) is 7.86. The molecule has 0 radical (unpaired) electrons. The first-order chi connectivity index (χ1) is 11.6. The van der Waals surface area contributed by atoms with Gasteiger partial charge in [-0.15, -0.1) is 0 Å². The predicted molar refractivity (Wildman–Crippen MR) is 88.6 cm³/mol. The second kappa shape index (κ2) is 6.91. The van der Waals surface area contributed by atoms with E-state index in [2.05, 4.69) is 0 Å². The van der Waals surface area contributed by atoms with Gasteiger partial charge in [0, 0.05) is 13.6 Å². The van der Waals surface area contributed by atoms with Crippen LogP contribution >= 0.6 is 0 Å². The van der Waals surface area contributed by atoms with Crippen molar-refractivity contribution in [1.82, 2.24) is 4.90 Å². The summed E-state index contributed by atoms with van der Waals surface area (Å²) in [5, 5.41) is 0. The van der Waals surface area contributed by atoms with Crippen molar-refractivity contribution in [1.29, 1.82) is 0 Å². The fourth-order valence-electron chi connectivity index (χ4n) is 2.96. The molecule has 0 aliphatic carbocycles. The topological polar surface area (TPSA) is 38.8 Å². The minimum absolute atomic E-state index is 0.000675. The lowest BCUT2D eigenvalue weighted by molar-refractivity contribution is -0.136. The van der Waals surface area contributed by atoms with Gasteiger partial charge in [-0.25, -0.2) is 4.39 Å². The molecular formula is C19H20FNO3. The second-order valence-electron chi connectivity index (χ2n) is 5.98. The highest BCUT2D eigenvalue weighted by Crippen LogP contribution is 2.28. The summed E-state index contributed by atoms with van der Waals surface area (Å²) in [6.45, 7) is 0.717. The highest BCUT2D eigenvalue weighted by Gasteiger charge is 2.28. The SMILES string of the molecule is COc1ccc(CN(C)C(=O)C2COc3ccccc3C2)cc1F. The van der Waals surface area contributed by atoms with E-state index in [0.717, 1.165) is 16.9 Å². The molecule has 126 valence electrons. The molecule has 0 aromatic heterocycles. The van der Waals surface area contributed by atoms with E-state index in [9.17, 15) is 9.18 Å². The number of hydrogen-bond acceptors (Lipinski definition) is 3. The van der Waals surface area contributed by atoms with Gasteiger partial charge >= 0.3 is 0 Å². The second-order valence-corrected chi connectivity index (χ2v) is 5.98. The van der Waals surface area contributed by atoms with Crippen molar-refractivity contribution in [2.45, 2.75) is 13.0 Å². The van der Waals surface area contributed by atoms with E-state index in [-0.39, 0.29) is 17.6 Å². The predicted octanol–water partition coefficient (Wildman–Crippen LogP) is 3.04. The fourth-order valence-corrected chi connectivity index (χ4v) is 2.96. The van der Waals surface area contributed by atoms with Gasteiger partial charge in [0.05, 0.1) is 13.0 Å². The molecule has 5 heteroatoms. The van der Waals surface area contributed by atoms with Gasteiger partial charge in [-0.2, -0.15) is 0 Å². The standard InChI is InChI=1S/C19H20FNO3/c1-21(11-13-7-8-18(23-2)16(20)9-13)19(22)15-10-14-5-3-4-6-17(14)24-12-15/h3-9,15H,10-12H2,1-2H3. The van der Waals surface area contributed by atoms with Crippen LogP contribution in [0.1, 0.15) is 11.1 Å². The minimum atomic E-state index is -0.425. The summed E-state index contributed by atoms with van der Waals surface area (Å²) >= 11 is 0. The number of benzene rings is 2. The van der Waals surface area contributed by atoms with Crippen molar-refractivity contribution in [2.75, 3.05) is 20.8 Å². The zero-order valence-electron chi connectivity index (χ0n) is 13.8. The summed E-state index contributed by atoms with van der Waals surface area (Å²) in [6, 6.07) is 12.5. The summed E-state index contributed by atoms with van der Waals surface area (Å²) in [6.07, 6.45) is 0.663. The molecular weight excluding hydrogens is 309 g/mol. The van der Waals surface area contributed by atoms with Crippen LogP contribution in [0.2, 0.25) is 0 Å². The Bertz CT molecular complexity index is 747. The Labute approximate surface area is 140 Å². The quantitative estimate of drug-likeness (QED) is 0.865. The van der Waals surface area contributed by atoms with Crippen molar-refractivity contribution >= 4 is 5.91 Å². The number of amides is 1. The van der Waals surface area contributed by atoms with Gasteiger partial charge in [-0.05, 0) is 35.7 Å². The van der Waals surface area contributed by atoms with Gasteiger partial charge in [-0.3, -0.25) is 4.79 Å². The molecule has 4 nitrogen and oxygen atoms in total. The first kappa shape index (κ1) is 16.3. The number of nitrogens with zero attached hydrogens (tertiary/aromatic N) is 1. The molecule has 2 aromatic rings. The Kier molecular flexibility index (Phi) is 4.69. The van der Waals surface area contributed by atoms with Crippen molar-refractivity contribution in [2.24, 2.45) is 5.92 Å². The molecule has 3 rings (SSSR count). The third-order valence-electron chi connectivity index (χ3n) is 4.24. The summed E-state index contributed by atoms with van der Waals surface area (Å²) in [4.78, 5) is 14.3. The number of para-hydroxylation sites is 1. The highest BCUT2D eigenvalue weighted by atomic mass is 19.1. The van der Waals surface area contributed by atoms with E-state index >= 15 is 0 Å². The molecule has 0 saturated carbocycles. The normalized spacial score (nSPS) is 16.0. The third kappa shape index (κ3) is 3.35. The van der Waals surface area contributed by atoms with E-state index in [4.69, 9.17) is 9.47 Å². The lowest BCUT2D eigenvalue weighted by Crippen LogP contribution is -2.38. The minimum Gasteiger partial charge on any atom is -0.494 e. The number of carbonyl (C=O) groups is 1. The zero-order chi connectivity index (χ0) is 17.1. The molecule has 0 bridgehead atoms. The van der Waals surface area contributed by atoms with E-state index in [1.54, 1.807) is 24.1 Å². The van der Waals surface area contributed by atoms with Crippen molar-refractivity contribution in [3.63, 3.8) is 0 Å². The largest absolute Gasteiger partial charge is 0.494 e. The number of carbonyl (C=O) groups excluding carboxylic acids is 1. The maximum atomic E-state index is 13.8. The van der Waals surface area contributed by atoms with Crippen LogP contribution in [-0.4, -0.2) is 31.6 Å². The molecule has 1 amide bonds. The van der Waals surface area contributed by atoms with Crippen LogP contribution in [0.25, 0.3) is 0 Å². The molecule has 1 aliphatic rings. The lowest BCUT2D eigenvalue weighted by Gasteiger charge is -2.28. The number of fused-ring (bicyclic) bond motifs is 1. The average molecular weight is 329 g/mol. The highest BCUT2D eigenvalue weighted by molar-refractivity contribution is 5.79. The summed E-state index contributed by atoms with van der Waals surface area (Å²) in [5.41, 5.74) is 1.77. The molecule has 2 aromatic carbocycles. The summed E-state index contributed by atoms with van der Waals surface area (Å²) < 4.78 is 24.4. The van der Waals surface area contributed by atoms with Crippen LogP contribution in [0.4, 0.5) is 4.39 Å². The molecule has 0 spiro atoms. The molecule has 24 heavy (non-hydrogen) atoms. The van der Waals surface area contributed by atoms with E-state index in [1.807, 2.05) is 24.3 Å². The Morgan fingerprint density at radius 2 is 2.12 bits per heavy atom. The first-order valence-electron chi connectivity index (χ1n) is 7.86. The number of ether oxygens (including phenoxy) is 2. The Morgan fingerprint density at radius 1 is 1.33 bits per heavy atom. The van der Waals surface area contributed by atoms with E-state index in [1.165, 1.54) is 13.2 Å². The maximum absolute atomic E-state index is 13.8. The Balaban J connectivity index is 1.66. The maximum Gasteiger partial charge on any atom is 0.229 e. The monoisotopic (exact) mass is 329 g/mol. The molecule has 0 N–H and O–H groups in total. The molecule has 1 heterocycles. The number of halogens is 1. The van der Waals surface area contributed by atoms with Crippen molar-refractivity contribution < 1.29 is 18.7 Å². The number of methoxy groups -OCH3 is 1. The lowest BCUT2D eigenvalue weighted by atomic mass is 9.95. The van der Waals surface area contributed by atoms with Crippen LogP contribution in [0, 0.1) is 11.7 Å². The molecule has 1 atom stereocenters. The van der Waals surface area contributed by atoms with Crippen LogP contribution < -0.4 is 9.47 Å². The number of hydrogen-bond donors (Lipinski definition) is 0. The van der Waals surface area contributed by atoms with Crippen LogP contribution in [0.15, 0.2) is 42.5 Å². The van der Waals surface area contributed by atoms with Gasteiger partial charge in [-0.1, -0.05) is 24.3 Å². The number of rotatable bonds is 4. The van der Waals surface area contributed by atoms with Gasteiger partial charge in [0.1, 0.15) is 12.4 Å². The van der Waals surface area contributed by atoms with Crippen molar-refractivity contribution in [3.8, 4) is 11.5 Å². The Hall–Kier alpha value is -2.56.